The van der Waals surface area contributed by atoms with Crippen LogP contribution in [0.15, 0.2) is 30.5 Å². The van der Waals surface area contributed by atoms with Gasteiger partial charge >= 0.3 is 5.97 Å². The highest BCUT2D eigenvalue weighted by Crippen LogP contribution is 2.31. The van der Waals surface area contributed by atoms with Crippen LogP contribution in [0.1, 0.15) is 36.3 Å². The minimum atomic E-state index is -0.881. The highest BCUT2D eigenvalue weighted by Gasteiger charge is 2.42. The summed E-state index contributed by atoms with van der Waals surface area (Å²) in [4.78, 5) is 26.0. The predicted octanol–water partition coefficient (Wildman–Crippen LogP) is 2.38. The van der Waals surface area contributed by atoms with E-state index in [9.17, 15) is 14.7 Å². The number of carboxylic acids is 1. The lowest BCUT2D eigenvalue weighted by Crippen LogP contribution is -2.35. The third-order valence-electron chi connectivity index (χ3n) is 5.03. The zero-order chi connectivity index (χ0) is 18.9. The van der Waals surface area contributed by atoms with Crippen LogP contribution >= 0.6 is 0 Å². The summed E-state index contributed by atoms with van der Waals surface area (Å²) in [5, 5.41) is 13.8. The molecule has 138 valence electrons. The summed E-state index contributed by atoms with van der Waals surface area (Å²) in [6.45, 7) is 4.32. The fourth-order valence-corrected chi connectivity index (χ4v) is 3.32. The molecule has 0 spiro atoms. The van der Waals surface area contributed by atoms with Gasteiger partial charge in [-0.15, -0.1) is 0 Å². The van der Waals surface area contributed by atoms with Crippen LogP contribution in [0.5, 0.6) is 5.75 Å². The van der Waals surface area contributed by atoms with Gasteiger partial charge in [-0.2, -0.15) is 5.10 Å². The van der Waals surface area contributed by atoms with E-state index < -0.39 is 11.4 Å². The molecule has 0 aliphatic carbocycles. The molecule has 3 rings (SSSR count). The molecule has 1 atom stereocenters. The molecule has 0 bridgehead atoms. The molecule has 1 aromatic carbocycles. The van der Waals surface area contributed by atoms with E-state index in [2.05, 4.69) is 5.10 Å². The van der Waals surface area contributed by atoms with E-state index in [0.717, 1.165) is 17.1 Å². The number of hydrogen-bond acceptors (Lipinski definition) is 4. The molecule has 1 unspecified atom stereocenters. The smallest absolute Gasteiger partial charge is 0.311 e. The van der Waals surface area contributed by atoms with E-state index in [1.807, 2.05) is 31.2 Å². The molecule has 26 heavy (non-hydrogen) atoms. The van der Waals surface area contributed by atoms with E-state index in [4.69, 9.17) is 4.74 Å². The van der Waals surface area contributed by atoms with Gasteiger partial charge in [-0.05, 0) is 44.0 Å². The molecule has 1 amide bonds. The number of nitrogens with zero attached hydrogens (tertiary/aromatic N) is 3. The lowest BCUT2D eigenvalue weighted by molar-refractivity contribution is -0.147. The van der Waals surface area contributed by atoms with E-state index >= 15 is 0 Å². The number of methoxy groups -OCH3 is 1. The average Bonchev–Trinajstić information content (AvgIpc) is 3.25. The van der Waals surface area contributed by atoms with Crippen LogP contribution < -0.4 is 4.74 Å². The summed E-state index contributed by atoms with van der Waals surface area (Å²) in [5.74, 6) is -0.274. The Bertz CT molecular complexity index is 828. The van der Waals surface area contributed by atoms with Gasteiger partial charge in [0.2, 0.25) is 0 Å². The molecule has 0 radical (unpaired) electrons. The quantitative estimate of drug-likeness (QED) is 0.888. The van der Waals surface area contributed by atoms with Gasteiger partial charge in [0.25, 0.3) is 5.91 Å². The maximum Gasteiger partial charge on any atom is 0.311 e. The predicted molar refractivity (Wildman–Crippen MR) is 95.8 cm³/mol. The Balaban J connectivity index is 1.88. The molecule has 1 aromatic heterocycles. The Morgan fingerprint density at radius 1 is 1.31 bits per heavy atom. The first kappa shape index (κ1) is 18.0. The number of carboxylic acid groups (broad SMARTS) is 1. The van der Waals surface area contributed by atoms with Gasteiger partial charge in [0.1, 0.15) is 5.75 Å². The fraction of sp³-hybridized carbons (Fsp3) is 0.421. The standard InChI is InChI=1S/C19H23N3O4/c1-4-16-15(17(23)21-10-9-19(2,12-21)18(24)25)11-20-22(16)13-5-7-14(26-3)8-6-13/h5-8,11H,4,9-10,12H2,1-3H3,(H,24,25). The second-order valence-electron chi connectivity index (χ2n) is 6.81. The van der Waals surface area contributed by atoms with Crippen molar-refractivity contribution in [3.05, 3.63) is 41.7 Å². The Hall–Kier alpha value is -2.83. The van der Waals surface area contributed by atoms with Crippen LogP contribution in [0.25, 0.3) is 5.69 Å². The molecule has 1 saturated heterocycles. The molecular weight excluding hydrogens is 334 g/mol. The second-order valence-corrected chi connectivity index (χ2v) is 6.81. The maximum absolute atomic E-state index is 12.9. The number of ether oxygens (including phenoxy) is 1. The van der Waals surface area contributed by atoms with Gasteiger partial charge in [-0.1, -0.05) is 6.92 Å². The first-order valence-corrected chi connectivity index (χ1v) is 8.63. The minimum Gasteiger partial charge on any atom is -0.497 e. The summed E-state index contributed by atoms with van der Waals surface area (Å²) < 4.78 is 6.92. The first-order chi connectivity index (χ1) is 12.4. The van der Waals surface area contributed by atoms with Crippen molar-refractivity contribution in [3.8, 4) is 11.4 Å². The normalized spacial score (nSPS) is 19.6. The molecule has 0 saturated carbocycles. The number of hydrogen-bond donors (Lipinski definition) is 1. The van der Waals surface area contributed by atoms with Crippen LogP contribution in [0.2, 0.25) is 0 Å². The number of amides is 1. The zero-order valence-corrected chi connectivity index (χ0v) is 15.2. The largest absolute Gasteiger partial charge is 0.497 e. The van der Waals surface area contributed by atoms with Crippen molar-refractivity contribution in [2.75, 3.05) is 20.2 Å². The zero-order valence-electron chi connectivity index (χ0n) is 15.2. The molecule has 1 fully saturated rings. The fourth-order valence-electron chi connectivity index (χ4n) is 3.32. The summed E-state index contributed by atoms with van der Waals surface area (Å²) in [7, 11) is 1.61. The van der Waals surface area contributed by atoms with E-state index in [-0.39, 0.29) is 12.5 Å². The number of rotatable bonds is 5. The Labute approximate surface area is 152 Å². The Morgan fingerprint density at radius 2 is 2.00 bits per heavy atom. The monoisotopic (exact) mass is 357 g/mol. The lowest BCUT2D eigenvalue weighted by Gasteiger charge is -2.20. The second kappa shape index (κ2) is 6.82. The summed E-state index contributed by atoms with van der Waals surface area (Å²) in [6, 6.07) is 7.46. The minimum absolute atomic E-state index is 0.161. The molecule has 1 N–H and O–H groups in total. The number of benzene rings is 1. The van der Waals surface area contributed by atoms with Gasteiger partial charge in [0.05, 0.1) is 35.7 Å². The summed E-state index contributed by atoms with van der Waals surface area (Å²) >= 11 is 0. The number of carbonyl (C=O) groups is 2. The molecule has 1 aliphatic rings. The van der Waals surface area contributed by atoms with Gasteiger partial charge in [0.15, 0.2) is 0 Å². The highest BCUT2D eigenvalue weighted by molar-refractivity contribution is 5.96. The van der Waals surface area contributed by atoms with Crippen molar-refractivity contribution in [1.82, 2.24) is 14.7 Å². The van der Waals surface area contributed by atoms with Crippen LogP contribution in [0, 0.1) is 5.41 Å². The van der Waals surface area contributed by atoms with Gasteiger partial charge < -0.3 is 14.7 Å². The molecule has 7 nitrogen and oxygen atoms in total. The van der Waals surface area contributed by atoms with E-state index in [0.29, 0.717) is 24.9 Å². The highest BCUT2D eigenvalue weighted by atomic mass is 16.5. The first-order valence-electron chi connectivity index (χ1n) is 8.63. The number of aliphatic carboxylic acids is 1. The molecule has 2 aromatic rings. The Kier molecular flexibility index (Phi) is 4.71. The third-order valence-corrected chi connectivity index (χ3v) is 5.03. The Morgan fingerprint density at radius 3 is 2.54 bits per heavy atom. The van der Waals surface area contributed by atoms with E-state index in [1.165, 1.54) is 0 Å². The average molecular weight is 357 g/mol. The van der Waals surface area contributed by atoms with Gasteiger partial charge in [0, 0.05) is 13.1 Å². The van der Waals surface area contributed by atoms with Crippen molar-refractivity contribution in [1.29, 1.82) is 0 Å². The molecule has 7 heteroatoms. The SMILES string of the molecule is CCc1c(C(=O)N2CCC(C)(C(=O)O)C2)cnn1-c1ccc(OC)cc1. The van der Waals surface area contributed by atoms with Crippen molar-refractivity contribution in [2.24, 2.45) is 5.41 Å². The van der Waals surface area contributed by atoms with Crippen molar-refractivity contribution in [2.45, 2.75) is 26.7 Å². The number of likely N-dealkylation sites (tertiary alicyclic amines) is 1. The van der Waals surface area contributed by atoms with Crippen molar-refractivity contribution >= 4 is 11.9 Å². The van der Waals surface area contributed by atoms with Gasteiger partial charge in [-0.3, -0.25) is 9.59 Å². The number of aromatic nitrogens is 2. The van der Waals surface area contributed by atoms with Crippen LogP contribution in [-0.2, 0) is 11.2 Å². The lowest BCUT2D eigenvalue weighted by atomic mass is 9.90. The van der Waals surface area contributed by atoms with Crippen molar-refractivity contribution < 1.29 is 19.4 Å². The maximum atomic E-state index is 12.9. The van der Waals surface area contributed by atoms with Crippen LogP contribution in [0.4, 0.5) is 0 Å². The number of carbonyl (C=O) groups excluding carboxylic acids is 1. The van der Waals surface area contributed by atoms with Gasteiger partial charge in [-0.25, -0.2) is 4.68 Å². The molecular formula is C19H23N3O4. The molecule has 1 aliphatic heterocycles. The third kappa shape index (κ3) is 3.05. The topological polar surface area (TPSA) is 84.7 Å². The van der Waals surface area contributed by atoms with E-state index in [1.54, 1.807) is 29.8 Å². The van der Waals surface area contributed by atoms with Crippen LogP contribution in [-0.4, -0.2) is 51.9 Å². The molecule has 2 heterocycles. The summed E-state index contributed by atoms with van der Waals surface area (Å²) in [6.07, 6.45) is 2.67. The van der Waals surface area contributed by atoms with Crippen LogP contribution in [0.3, 0.4) is 0 Å². The summed E-state index contributed by atoms with van der Waals surface area (Å²) in [5.41, 5.74) is 1.30. The van der Waals surface area contributed by atoms with Crippen molar-refractivity contribution in [3.63, 3.8) is 0 Å².